The van der Waals surface area contributed by atoms with Crippen LogP contribution in [0.25, 0.3) is 22.0 Å². The van der Waals surface area contributed by atoms with Crippen molar-refractivity contribution in [3.05, 3.63) is 89.6 Å². The van der Waals surface area contributed by atoms with E-state index in [-0.39, 0.29) is 6.61 Å². The Morgan fingerprint density at radius 1 is 1.00 bits per heavy atom. The fourth-order valence-corrected chi connectivity index (χ4v) is 5.95. The molecule has 1 atom stereocenters. The smallest absolute Gasteiger partial charge is 0.416 e. The van der Waals surface area contributed by atoms with Gasteiger partial charge in [0.2, 0.25) is 0 Å². The number of anilines is 1. The summed E-state index contributed by atoms with van der Waals surface area (Å²) in [6.45, 7) is 2.77. The molecular weight excluding hydrogens is 545 g/mol. The topological polar surface area (TPSA) is 90.2 Å². The van der Waals surface area contributed by atoms with Gasteiger partial charge in [0.1, 0.15) is 24.2 Å². The maximum absolute atomic E-state index is 13.1. The highest BCUT2D eigenvalue weighted by Crippen LogP contribution is 2.41. The average Bonchev–Trinajstić information content (AvgIpc) is 3.33. The summed E-state index contributed by atoms with van der Waals surface area (Å²) in [7, 11) is 0. The van der Waals surface area contributed by atoms with Crippen LogP contribution in [0.4, 0.5) is 18.9 Å². The first kappa shape index (κ1) is 28.0. The number of aliphatic hydroxyl groups excluding tert-OH is 1. The largest absolute Gasteiger partial charge is 0.490 e. The monoisotopic (exact) mass is 576 g/mol. The quantitative estimate of drug-likeness (QED) is 0.162. The third-order valence-electron chi connectivity index (χ3n) is 8.08. The van der Waals surface area contributed by atoms with E-state index in [1.165, 1.54) is 6.07 Å². The van der Waals surface area contributed by atoms with Gasteiger partial charge in [0.25, 0.3) is 0 Å². The van der Waals surface area contributed by atoms with Crippen molar-refractivity contribution >= 4 is 22.3 Å². The third kappa shape index (κ3) is 5.52. The molecule has 1 fully saturated rings. The number of pyridine rings is 1. The van der Waals surface area contributed by atoms with Gasteiger partial charge >= 0.3 is 6.18 Å². The summed E-state index contributed by atoms with van der Waals surface area (Å²) < 4.78 is 45.4. The summed E-state index contributed by atoms with van der Waals surface area (Å²) in [4.78, 5) is 6.37. The lowest BCUT2D eigenvalue weighted by Gasteiger charge is -2.34. The molecule has 0 unspecified atom stereocenters. The van der Waals surface area contributed by atoms with E-state index in [1.807, 2.05) is 48.5 Å². The number of nitrogens with zero attached hydrogens (tertiary/aromatic N) is 3. The van der Waals surface area contributed by atoms with E-state index >= 15 is 0 Å². The Bertz CT molecular complexity index is 1620. The minimum atomic E-state index is -4.40. The molecule has 7 nitrogen and oxygen atoms in total. The van der Waals surface area contributed by atoms with Gasteiger partial charge in [-0.2, -0.15) is 13.2 Å². The zero-order valence-corrected chi connectivity index (χ0v) is 22.8. The van der Waals surface area contributed by atoms with E-state index in [4.69, 9.17) is 4.74 Å². The predicted molar refractivity (Wildman–Crippen MR) is 155 cm³/mol. The molecule has 4 aromatic rings. The molecule has 2 aliphatic rings. The van der Waals surface area contributed by atoms with Crippen molar-refractivity contribution < 1.29 is 28.2 Å². The second-order valence-electron chi connectivity index (χ2n) is 10.8. The molecule has 2 heterocycles. The standard InChI is InChI=1S/C32H31F3N4O3/c33-32(34,35)21-8-9-26-27(16-21)37-13-10-28(26)39-14-11-20(12-15-39)17-36-18-22(40)19-42-29-7-3-6-24-23-4-1-2-5-25(23)31(38-41)30(24)29/h1-10,13,16,20,22,36,40-41H,11-12,14-15,17-19H2/t22-/m0/s1. The summed E-state index contributed by atoms with van der Waals surface area (Å²) in [6, 6.07) is 19.0. The molecular formula is C32H31F3N4O3. The Balaban J connectivity index is 0.991. The molecule has 1 aromatic heterocycles. The van der Waals surface area contributed by atoms with Gasteiger partial charge in [-0.1, -0.05) is 47.6 Å². The molecule has 6 rings (SSSR count). The molecule has 1 aliphatic carbocycles. The fraction of sp³-hybridized carbons (Fsp3) is 0.312. The molecule has 0 saturated carbocycles. The number of oxime groups is 1. The number of nitrogens with one attached hydrogen (secondary N) is 1. The van der Waals surface area contributed by atoms with Gasteiger partial charge in [0.05, 0.1) is 16.6 Å². The number of benzene rings is 3. The first-order valence-corrected chi connectivity index (χ1v) is 14.0. The average molecular weight is 577 g/mol. The van der Waals surface area contributed by atoms with Crippen LogP contribution in [0.3, 0.4) is 0 Å². The first-order valence-electron chi connectivity index (χ1n) is 14.0. The maximum Gasteiger partial charge on any atom is 0.416 e. The fourth-order valence-electron chi connectivity index (χ4n) is 5.95. The lowest BCUT2D eigenvalue weighted by Crippen LogP contribution is -2.39. The number of ether oxygens (including phenoxy) is 1. The third-order valence-corrected chi connectivity index (χ3v) is 8.08. The van der Waals surface area contributed by atoms with E-state index in [0.29, 0.717) is 29.4 Å². The van der Waals surface area contributed by atoms with Gasteiger partial charge in [-0.25, -0.2) is 0 Å². The molecule has 3 N–H and O–H groups in total. The predicted octanol–water partition coefficient (Wildman–Crippen LogP) is 5.71. The van der Waals surface area contributed by atoms with Crippen LogP contribution in [0.15, 0.2) is 78.1 Å². The second-order valence-corrected chi connectivity index (χ2v) is 10.8. The molecule has 218 valence electrons. The lowest BCUT2D eigenvalue weighted by atomic mass is 9.96. The van der Waals surface area contributed by atoms with Crippen molar-refractivity contribution in [2.75, 3.05) is 37.7 Å². The van der Waals surface area contributed by atoms with Crippen molar-refractivity contribution in [1.82, 2.24) is 10.3 Å². The van der Waals surface area contributed by atoms with Crippen molar-refractivity contribution in [2.24, 2.45) is 11.1 Å². The number of fused-ring (bicyclic) bond motifs is 4. The highest BCUT2D eigenvalue weighted by Gasteiger charge is 2.31. The van der Waals surface area contributed by atoms with Gasteiger partial charge in [-0.3, -0.25) is 4.98 Å². The van der Waals surface area contributed by atoms with E-state index in [9.17, 15) is 23.5 Å². The number of rotatable bonds is 8. The highest BCUT2D eigenvalue weighted by atomic mass is 19.4. The number of aromatic nitrogens is 1. The summed E-state index contributed by atoms with van der Waals surface area (Å²) in [5.74, 6) is 0.972. The van der Waals surface area contributed by atoms with Crippen molar-refractivity contribution in [3.63, 3.8) is 0 Å². The zero-order valence-electron chi connectivity index (χ0n) is 22.8. The van der Waals surface area contributed by atoms with Crippen LogP contribution >= 0.6 is 0 Å². The number of piperidine rings is 1. The van der Waals surface area contributed by atoms with Crippen LogP contribution in [-0.4, -0.2) is 59.9 Å². The van der Waals surface area contributed by atoms with Crippen LogP contribution in [0, 0.1) is 5.92 Å². The lowest BCUT2D eigenvalue weighted by molar-refractivity contribution is -0.137. The zero-order chi connectivity index (χ0) is 29.3. The van der Waals surface area contributed by atoms with Gasteiger partial charge in [0, 0.05) is 42.5 Å². The minimum absolute atomic E-state index is 0.0854. The van der Waals surface area contributed by atoms with E-state index < -0.39 is 17.8 Å². The van der Waals surface area contributed by atoms with Gasteiger partial charge in [-0.15, -0.1) is 0 Å². The van der Waals surface area contributed by atoms with E-state index in [2.05, 4.69) is 20.4 Å². The highest BCUT2D eigenvalue weighted by molar-refractivity contribution is 6.25. The van der Waals surface area contributed by atoms with Crippen molar-refractivity contribution in [2.45, 2.75) is 25.1 Å². The maximum atomic E-state index is 13.1. The summed E-state index contributed by atoms with van der Waals surface area (Å²) >= 11 is 0. The molecule has 3 aromatic carbocycles. The normalized spacial score (nSPS) is 17.0. The molecule has 0 radical (unpaired) electrons. The number of aliphatic hydroxyl groups is 1. The molecule has 42 heavy (non-hydrogen) atoms. The Morgan fingerprint density at radius 2 is 1.76 bits per heavy atom. The Labute approximate surface area is 241 Å². The number of hydrogen-bond donors (Lipinski definition) is 3. The van der Waals surface area contributed by atoms with Crippen LogP contribution < -0.4 is 15.0 Å². The molecule has 1 saturated heterocycles. The molecule has 0 bridgehead atoms. The minimum Gasteiger partial charge on any atom is -0.490 e. The molecule has 0 spiro atoms. The van der Waals surface area contributed by atoms with Gasteiger partial charge < -0.3 is 25.3 Å². The summed E-state index contributed by atoms with van der Waals surface area (Å²) in [6.07, 6.45) is -1.73. The van der Waals surface area contributed by atoms with Crippen LogP contribution in [0.2, 0.25) is 0 Å². The summed E-state index contributed by atoms with van der Waals surface area (Å²) in [5, 5.41) is 27.9. The van der Waals surface area contributed by atoms with E-state index in [1.54, 1.807) is 6.20 Å². The first-order chi connectivity index (χ1) is 20.3. The molecule has 10 heteroatoms. The number of hydrogen-bond acceptors (Lipinski definition) is 7. The Morgan fingerprint density at radius 3 is 2.52 bits per heavy atom. The number of halogens is 3. The molecule has 1 aliphatic heterocycles. The molecule has 0 amide bonds. The Hall–Kier alpha value is -4.15. The Kier molecular flexibility index (Phi) is 7.74. The van der Waals surface area contributed by atoms with Crippen LogP contribution in [-0.2, 0) is 6.18 Å². The van der Waals surface area contributed by atoms with Crippen LogP contribution in [0.5, 0.6) is 5.75 Å². The number of alkyl halides is 3. The van der Waals surface area contributed by atoms with Crippen LogP contribution in [0.1, 0.15) is 29.5 Å². The van der Waals surface area contributed by atoms with E-state index in [0.717, 1.165) is 77.9 Å². The van der Waals surface area contributed by atoms with Gasteiger partial charge in [0.15, 0.2) is 0 Å². The second kappa shape index (κ2) is 11.6. The van der Waals surface area contributed by atoms with Crippen molar-refractivity contribution in [3.8, 4) is 16.9 Å². The van der Waals surface area contributed by atoms with Gasteiger partial charge in [-0.05, 0) is 60.7 Å². The summed E-state index contributed by atoms with van der Waals surface area (Å²) in [5.41, 5.74) is 4.47. The SMILES string of the molecule is ON=C1c2ccccc2-c2cccc(OC[C@@H](O)CNCC3CCN(c4ccnc5cc(C(F)(F)F)ccc45)CC3)c21. The van der Waals surface area contributed by atoms with Crippen molar-refractivity contribution in [1.29, 1.82) is 0 Å².